The first-order valence-electron chi connectivity index (χ1n) is 7.66. The van der Waals surface area contributed by atoms with Crippen molar-refractivity contribution in [3.05, 3.63) is 71.8 Å². The molecule has 116 valence electrons. The Morgan fingerprint density at radius 2 is 1.27 bits per heavy atom. The van der Waals surface area contributed by atoms with Crippen LogP contribution in [-0.2, 0) is 0 Å². The molecule has 3 unspecified atom stereocenters. The predicted molar refractivity (Wildman–Crippen MR) is 85.2 cm³/mol. The van der Waals surface area contributed by atoms with Crippen molar-refractivity contribution in [1.82, 2.24) is 9.96 Å². The van der Waals surface area contributed by atoms with Gasteiger partial charge in [-0.25, -0.2) is 0 Å². The molecule has 3 atom stereocenters. The molecule has 1 heterocycles. The molecule has 1 fully saturated rings. The van der Waals surface area contributed by atoms with E-state index in [1.54, 1.807) is 6.92 Å². The average molecular weight is 298 g/mol. The summed E-state index contributed by atoms with van der Waals surface area (Å²) in [7, 11) is 0. The van der Waals surface area contributed by atoms with Crippen molar-refractivity contribution in [1.29, 1.82) is 0 Å². The van der Waals surface area contributed by atoms with E-state index in [2.05, 4.69) is 4.90 Å². The van der Waals surface area contributed by atoms with Crippen LogP contribution in [0.15, 0.2) is 60.7 Å². The lowest BCUT2D eigenvalue weighted by Gasteiger charge is -2.46. The third-order valence-electron chi connectivity index (χ3n) is 4.29. The summed E-state index contributed by atoms with van der Waals surface area (Å²) in [4.78, 5) is 2.08. The average Bonchev–Trinajstić information content (AvgIpc) is 2.55. The second-order valence-corrected chi connectivity index (χ2v) is 5.80. The molecule has 0 aromatic heterocycles. The largest absolute Gasteiger partial charge is 0.379 e. The summed E-state index contributed by atoms with van der Waals surface area (Å²) >= 11 is 0. The molecule has 2 N–H and O–H groups in total. The fourth-order valence-electron chi connectivity index (χ4n) is 3.31. The van der Waals surface area contributed by atoms with Gasteiger partial charge in [-0.2, -0.15) is 5.06 Å². The number of hydrogen-bond donors (Lipinski definition) is 2. The van der Waals surface area contributed by atoms with E-state index in [9.17, 15) is 10.3 Å². The quantitative estimate of drug-likeness (QED) is 0.915. The third-order valence-corrected chi connectivity index (χ3v) is 4.29. The SMILES string of the molecule is CC(O)N1C(c2ccccc2)CN(O)CC1c1ccccc1. The Labute approximate surface area is 131 Å². The highest BCUT2D eigenvalue weighted by molar-refractivity contribution is 5.25. The van der Waals surface area contributed by atoms with Crippen LogP contribution >= 0.6 is 0 Å². The van der Waals surface area contributed by atoms with Crippen LogP contribution in [0.1, 0.15) is 30.1 Å². The van der Waals surface area contributed by atoms with Gasteiger partial charge in [-0.1, -0.05) is 60.7 Å². The number of hydroxylamine groups is 2. The van der Waals surface area contributed by atoms with Gasteiger partial charge in [0.2, 0.25) is 0 Å². The molecular formula is C18H22N2O2. The Kier molecular flexibility index (Phi) is 4.55. The molecule has 4 heteroatoms. The standard InChI is InChI=1S/C18H22N2O2/c1-14(21)20-17(15-8-4-2-5-9-15)12-19(22)13-18(20)16-10-6-3-7-11-16/h2-11,14,17-18,21-22H,12-13H2,1H3. The van der Waals surface area contributed by atoms with Gasteiger partial charge in [-0.15, -0.1) is 0 Å². The summed E-state index contributed by atoms with van der Waals surface area (Å²) in [5.41, 5.74) is 2.20. The second-order valence-electron chi connectivity index (χ2n) is 5.80. The lowest BCUT2D eigenvalue weighted by atomic mass is 9.95. The minimum absolute atomic E-state index is 0.0508. The molecule has 1 aliphatic heterocycles. The minimum Gasteiger partial charge on any atom is -0.379 e. The molecule has 0 aliphatic carbocycles. The minimum atomic E-state index is -0.593. The molecule has 0 amide bonds. The van der Waals surface area contributed by atoms with Gasteiger partial charge >= 0.3 is 0 Å². The van der Waals surface area contributed by atoms with Gasteiger partial charge in [0.25, 0.3) is 0 Å². The van der Waals surface area contributed by atoms with Crippen molar-refractivity contribution in [2.45, 2.75) is 25.2 Å². The summed E-state index contributed by atoms with van der Waals surface area (Å²) in [5, 5.41) is 21.9. The van der Waals surface area contributed by atoms with E-state index < -0.39 is 6.23 Å². The van der Waals surface area contributed by atoms with Gasteiger partial charge in [0.15, 0.2) is 0 Å². The first-order chi connectivity index (χ1) is 10.7. The van der Waals surface area contributed by atoms with Crippen LogP contribution in [0.4, 0.5) is 0 Å². The van der Waals surface area contributed by atoms with Crippen molar-refractivity contribution in [3.63, 3.8) is 0 Å². The van der Waals surface area contributed by atoms with Crippen molar-refractivity contribution in [3.8, 4) is 0 Å². The number of hydrogen-bond acceptors (Lipinski definition) is 4. The predicted octanol–water partition coefficient (Wildman–Crippen LogP) is 2.81. The van der Waals surface area contributed by atoms with Crippen molar-refractivity contribution in [2.75, 3.05) is 13.1 Å². The summed E-state index contributed by atoms with van der Waals surface area (Å²) in [5.74, 6) is 0. The van der Waals surface area contributed by atoms with Gasteiger partial charge in [0, 0.05) is 13.1 Å². The van der Waals surface area contributed by atoms with E-state index in [1.165, 1.54) is 5.06 Å². The van der Waals surface area contributed by atoms with E-state index >= 15 is 0 Å². The lowest BCUT2D eigenvalue weighted by molar-refractivity contribution is -0.182. The van der Waals surface area contributed by atoms with Gasteiger partial charge in [0.1, 0.15) is 6.23 Å². The molecule has 0 saturated carbocycles. The van der Waals surface area contributed by atoms with Crippen molar-refractivity contribution in [2.24, 2.45) is 0 Å². The fraction of sp³-hybridized carbons (Fsp3) is 0.333. The number of benzene rings is 2. The highest BCUT2D eigenvalue weighted by Crippen LogP contribution is 2.36. The Morgan fingerprint density at radius 3 is 1.64 bits per heavy atom. The smallest absolute Gasteiger partial charge is 0.105 e. The van der Waals surface area contributed by atoms with Gasteiger partial charge < -0.3 is 10.3 Å². The van der Waals surface area contributed by atoms with Crippen LogP contribution in [0.3, 0.4) is 0 Å². The normalized spacial score (nSPS) is 25.0. The van der Waals surface area contributed by atoms with E-state index in [-0.39, 0.29) is 12.1 Å². The summed E-state index contributed by atoms with van der Waals surface area (Å²) in [6.45, 7) is 2.76. The van der Waals surface area contributed by atoms with Crippen LogP contribution in [0.25, 0.3) is 0 Å². The monoisotopic (exact) mass is 298 g/mol. The van der Waals surface area contributed by atoms with E-state index in [0.717, 1.165) is 11.1 Å². The zero-order chi connectivity index (χ0) is 15.5. The molecule has 2 aromatic carbocycles. The Balaban J connectivity index is 1.99. The number of rotatable bonds is 3. The van der Waals surface area contributed by atoms with Crippen LogP contribution < -0.4 is 0 Å². The molecule has 1 aliphatic rings. The first-order valence-corrected chi connectivity index (χ1v) is 7.66. The molecule has 3 rings (SSSR count). The van der Waals surface area contributed by atoms with Crippen molar-refractivity contribution >= 4 is 0 Å². The van der Waals surface area contributed by atoms with Crippen LogP contribution in [-0.4, -0.2) is 39.6 Å². The van der Waals surface area contributed by atoms with Gasteiger partial charge in [-0.05, 0) is 18.1 Å². The van der Waals surface area contributed by atoms with Crippen LogP contribution in [0.2, 0.25) is 0 Å². The molecule has 0 spiro atoms. The second kappa shape index (κ2) is 6.58. The third kappa shape index (κ3) is 3.05. The molecule has 4 nitrogen and oxygen atoms in total. The number of aliphatic hydroxyl groups is 1. The van der Waals surface area contributed by atoms with Gasteiger partial charge in [-0.3, -0.25) is 4.90 Å². The lowest BCUT2D eigenvalue weighted by Crippen LogP contribution is -2.52. The Hall–Kier alpha value is -1.72. The van der Waals surface area contributed by atoms with Crippen molar-refractivity contribution < 1.29 is 10.3 Å². The molecule has 2 aromatic rings. The number of nitrogens with zero attached hydrogens (tertiary/aromatic N) is 2. The Morgan fingerprint density at radius 1 is 0.864 bits per heavy atom. The molecule has 0 bridgehead atoms. The summed E-state index contributed by atoms with van der Waals surface area (Å²) in [6.07, 6.45) is -0.593. The summed E-state index contributed by atoms with van der Waals surface area (Å²) < 4.78 is 0. The van der Waals surface area contributed by atoms with Gasteiger partial charge in [0.05, 0.1) is 12.1 Å². The zero-order valence-corrected chi connectivity index (χ0v) is 12.7. The topological polar surface area (TPSA) is 46.9 Å². The molecule has 1 saturated heterocycles. The molecular weight excluding hydrogens is 276 g/mol. The highest BCUT2D eigenvalue weighted by Gasteiger charge is 2.37. The first kappa shape index (κ1) is 15.2. The summed E-state index contributed by atoms with van der Waals surface area (Å²) in [6, 6.07) is 20.0. The van der Waals surface area contributed by atoms with E-state index in [0.29, 0.717) is 13.1 Å². The molecule has 0 radical (unpaired) electrons. The molecule has 22 heavy (non-hydrogen) atoms. The van der Waals surface area contributed by atoms with E-state index in [1.807, 2.05) is 60.7 Å². The fourth-order valence-corrected chi connectivity index (χ4v) is 3.31. The number of aliphatic hydroxyl groups excluding tert-OH is 1. The zero-order valence-electron chi connectivity index (χ0n) is 12.7. The van der Waals surface area contributed by atoms with Crippen LogP contribution in [0, 0.1) is 0 Å². The maximum atomic E-state index is 10.4. The highest BCUT2D eigenvalue weighted by atomic mass is 16.5. The van der Waals surface area contributed by atoms with Crippen LogP contribution in [0.5, 0.6) is 0 Å². The number of piperazine rings is 1. The maximum Gasteiger partial charge on any atom is 0.105 e. The maximum absolute atomic E-state index is 10.4. The Bertz CT molecular complexity index is 539. The van der Waals surface area contributed by atoms with E-state index in [4.69, 9.17) is 0 Å².